The molecular weight excluding hydrogens is 292 g/mol. The number of hydrogen-bond acceptors (Lipinski definition) is 1. The van der Waals surface area contributed by atoms with E-state index in [-0.39, 0.29) is 0 Å². The van der Waals surface area contributed by atoms with Gasteiger partial charge in [0.1, 0.15) is 0 Å². The molecule has 1 unspecified atom stereocenters. The second kappa shape index (κ2) is 5.70. The fourth-order valence-electron chi connectivity index (χ4n) is 2.32. The summed E-state index contributed by atoms with van der Waals surface area (Å²) in [4.78, 5) is 1.45. The molecule has 1 heterocycles. The van der Waals surface area contributed by atoms with Crippen molar-refractivity contribution in [1.82, 2.24) is 0 Å². The van der Waals surface area contributed by atoms with Crippen LogP contribution in [0.5, 0.6) is 0 Å². The highest BCUT2D eigenvalue weighted by molar-refractivity contribution is 9.10. The largest absolute Gasteiger partial charge is 0.148 e. The summed E-state index contributed by atoms with van der Waals surface area (Å²) in [5, 5.41) is 2.54. The predicted octanol–water partition coefficient (Wildman–Crippen LogP) is 5.24. The maximum absolute atomic E-state index is 6.44. The summed E-state index contributed by atoms with van der Waals surface area (Å²) in [6, 6.07) is 2.21. The van der Waals surface area contributed by atoms with Crippen LogP contribution in [-0.2, 0) is 6.42 Å². The van der Waals surface area contributed by atoms with Gasteiger partial charge in [-0.25, -0.2) is 0 Å². The zero-order chi connectivity index (χ0) is 10.7. The molecule has 0 aliphatic heterocycles. The molecule has 0 bridgehead atoms. The zero-order valence-electron chi connectivity index (χ0n) is 8.72. The third kappa shape index (κ3) is 3.47. The number of rotatable bonds is 4. The monoisotopic (exact) mass is 306 g/mol. The SMILES string of the molecule is ClC(CCc1cc(Br)cs1)C1CCCC1. The van der Waals surface area contributed by atoms with Gasteiger partial charge in [0, 0.05) is 20.1 Å². The molecule has 0 N–H and O–H groups in total. The van der Waals surface area contributed by atoms with Gasteiger partial charge in [-0.1, -0.05) is 12.8 Å². The lowest BCUT2D eigenvalue weighted by Crippen LogP contribution is -2.11. The van der Waals surface area contributed by atoms with Crippen molar-refractivity contribution in [3.05, 3.63) is 20.8 Å². The van der Waals surface area contributed by atoms with Crippen LogP contribution in [0.25, 0.3) is 0 Å². The normalized spacial score (nSPS) is 19.6. The van der Waals surface area contributed by atoms with Crippen molar-refractivity contribution in [3.63, 3.8) is 0 Å². The van der Waals surface area contributed by atoms with Crippen LogP contribution in [0, 0.1) is 5.92 Å². The first-order chi connectivity index (χ1) is 7.25. The molecule has 0 radical (unpaired) electrons. The van der Waals surface area contributed by atoms with Crippen LogP contribution in [0.4, 0.5) is 0 Å². The van der Waals surface area contributed by atoms with Gasteiger partial charge < -0.3 is 0 Å². The molecule has 84 valence electrons. The highest BCUT2D eigenvalue weighted by atomic mass is 79.9. The van der Waals surface area contributed by atoms with E-state index in [1.54, 1.807) is 0 Å². The lowest BCUT2D eigenvalue weighted by Gasteiger charge is -2.15. The number of alkyl halides is 1. The molecule has 1 fully saturated rings. The summed E-state index contributed by atoms with van der Waals surface area (Å²) in [6.45, 7) is 0. The van der Waals surface area contributed by atoms with Crippen molar-refractivity contribution in [3.8, 4) is 0 Å². The highest BCUT2D eigenvalue weighted by Crippen LogP contribution is 2.33. The van der Waals surface area contributed by atoms with Gasteiger partial charge in [0.2, 0.25) is 0 Å². The van der Waals surface area contributed by atoms with Crippen LogP contribution in [0.1, 0.15) is 37.0 Å². The zero-order valence-corrected chi connectivity index (χ0v) is 11.9. The van der Waals surface area contributed by atoms with Gasteiger partial charge >= 0.3 is 0 Å². The number of hydrogen-bond donors (Lipinski definition) is 0. The van der Waals surface area contributed by atoms with Crippen molar-refractivity contribution >= 4 is 38.9 Å². The molecule has 0 nitrogen and oxygen atoms in total. The molecule has 1 aromatic rings. The average Bonchev–Trinajstić information content (AvgIpc) is 2.84. The third-order valence-corrected chi connectivity index (χ3v) is 5.53. The molecule has 0 saturated heterocycles. The van der Waals surface area contributed by atoms with Crippen LogP contribution in [0.15, 0.2) is 15.9 Å². The maximum atomic E-state index is 6.44. The Morgan fingerprint density at radius 3 is 2.80 bits per heavy atom. The van der Waals surface area contributed by atoms with Crippen LogP contribution >= 0.6 is 38.9 Å². The summed E-state index contributed by atoms with van der Waals surface area (Å²) in [7, 11) is 0. The van der Waals surface area contributed by atoms with Crippen LogP contribution in [0.2, 0.25) is 0 Å². The Labute approximate surface area is 109 Å². The smallest absolute Gasteiger partial charge is 0.0367 e. The average molecular weight is 308 g/mol. The highest BCUT2D eigenvalue weighted by Gasteiger charge is 2.22. The minimum absolute atomic E-state index is 0.397. The van der Waals surface area contributed by atoms with E-state index in [4.69, 9.17) is 11.6 Å². The Balaban J connectivity index is 1.77. The van der Waals surface area contributed by atoms with Gasteiger partial charge in [-0.2, -0.15) is 0 Å². The molecule has 15 heavy (non-hydrogen) atoms. The van der Waals surface area contributed by atoms with Crippen molar-refractivity contribution in [1.29, 1.82) is 0 Å². The Bertz CT molecular complexity index is 304. The Hall–Kier alpha value is 0.470. The fraction of sp³-hybridized carbons (Fsp3) is 0.667. The molecule has 2 rings (SSSR count). The molecule has 1 aliphatic carbocycles. The fourth-order valence-corrected chi connectivity index (χ4v) is 4.15. The van der Waals surface area contributed by atoms with E-state index in [2.05, 4.69) is 27.4 Å². The first-order valence-electron chi connectivity index (χ1n) is 5.62. The number of aryl methyl sites for hydroxylation is 1. The van der Waals surface area contributed by atoms with Gasteiger partial charge in [-0.15, -0.1) is 22.9 Å². The summed E-state index contributed by atoms with van der Waals surface area (Å²) >= 11 is 11.7. The van der Waals surface area contributed by atoms with E-state index >= 15 is 0 Å². The minimum Gasteiger partial charge on any atom is -0.148 e. The van der Waals surface area contributed by atoms with Crippen LogP contribution in [-0.4, -0.2) is 5.38 Å². The molecular formula is C12H16BrClS. The lowest BCUT2D eigenvalue weighted by molar-refractivity contribution is 0.493. The Morgan fingerprint density at radius 2 is 2.20 bits per heavy atom. The summed E-state index contributed by atoms with van der Waals surface area (Å²) in [5.41, 5.74) is 0. The Morgan fingerprint density at radius 1 is 1.47 bits per heavy atom. The number of thiophene rings is 1. The van der Waals surface area contributed by atoms with Crippen molar-refractivity contribution in [2.75, 3.05) is 0 Å². The number of halogens is 2. The van der Waals surface area contributed by atoms with E-state index < -0.39 is 0 Å². The van der Waals surface area contributed by atoms with E-state index in [1.165, 1.54) is 35.0 Å². The minimum atomic E-state index is 0.397. The second-order valence-corrected chi connectivity index (χ2v) is 6.80. The molecule has 1 aromatic heterocycles. The van der Waals surface area contributed by atoms with E-state index in [9.17, 15) is 0 Å². The van der Waals surface area contributed by atoms with Gasteiger partial charge in [0.05, 0.1) is 0 Å². The van der Waals surface area contributed by atoms with E-state index in [0.717, 1.165) is 18.8 Å². The van der Waals surface area contributed by atoms with Crippen LogP contribution < -0.4 is 0 Å². The van der Waals surface area contributed by atoms with Gasteiger partial charge in [-0.05, 0) is 53.6 Å². The third-order valence-electron chi connectivity index (χ3n) is 3.20. The van der Waals surface area contributed by atoms with Gasteiger partial charge in [0.15, 0.2) is 0 Å². The van der Waals surface area contributed by atoms with E-state index in [1.807, 2.05) is 11.3 Å². The quantitative estimate of drug-likeness (QED) is 0.667. The molecule has 0 aromatic carbocycles. The van der Waals surface area contributed by atoms with Crippen molar-refractivity contribution in [2.45, 2.75) is 43.9 Å². The Kier molecular flexibility index (Phi) is 4.53. The first-order valence-corrected chi connectivity index (χ1v) is 7.73. The molecule has 0 amide bonds. The van der Waals surface area contributed by atoms with Gasteiger partial charge in [-0.3, -0.25) is 0 Å². The molecule has 1 aliphatic rings. The summed E-state index contributed by atoms with van der Waals surface area (Å²) in [5.74, 6) is 0.787. The first kappa shape index (κ1) is 11.9. The van der Waals surface area contributed by atoms with Crippen LogP contribution in [0.3, 0.4) is 0 Å². The lowest BCUT2D eigenvalue weighted by atomic mass is 10.00. The van der Waals surface area contributed by atoms with Gasteiger partial charge in [0.25, 0.3) is 0 Å². The van der Waals surface area contributed by atoms with E-state index in [0.29, 0.717) is 5.38 Å². The summed E-state index contributed by atoms with van der Waals surface area (Å²) in [6.07, 6.45) is 7.75. The standard InChI is InChI=1S/C12H16BrClS/c13-10-7-11(15-8-10)5-6-12(14)9-3-1-2-4-9/h7-9,12H,1-6H2. The summed E-state index contributed by atoms with van der Waals surface area (Å²) < 4.78 is 1.20. The predicted molar refractivity (Wildman–Crippen MR) is 71.9 cm³/mol. The second-order valence-electron chi connectivity index (χ2n) is 4.33. The molecule has 1 saturated carbocycles. The maximum Gasteiger partial charge on any atom is 0.0367 e. The topological polar surface area (TPSA) is 0 Å². The molecule has 1 atom stereocenters. The van der Waals surface area contributed by atoms with Crippen molar-refractivity contribution < 1.29 is 0 Å². The molecule has 3 heteroatoms. The van der Waals surface area contributed by atoms with Crippen molar-refractivity contribution in [2.24, 2.45) is 5.92 Å². The molecule has 0 spiro atoms.